The van der Waals surface area contributed by atoms with E-state index in [-0.39, 0.29) is 42.5 Å². The number of nitrogens with two attached hydrogens (primary N) is 1. The number of benzene rings is 1. The van der Waals surface area contributed by atoms with Crippen molar-refractivity contribution in [3.05, 3.63) is 47.8 Å². The third kappa shape index (κ3) is 4.83. The topological polar surface area (TPSA) is 148 Å². The van der Waals surface area contributed by atoms with E-state index < -0.39 is 24.3 Å². The number of hydrogen-bond donors (Lipinski definition) is 3. The quantitative estimate of drug-likeness (QED) is 0.433. The fraction of sp³-hybridized carbons (Fsp3) is 0.400. The number of aliphatic hydroxyl groups excluding tert-OH is 1. The summed E-state index contributed by atoms with van der Waals surface area (Å²) in [5, 5.41) is 13.0. The Labute approximate surface area is 211 Å². The molecule has 0 radical (unpaired) electrons. The number of nitrogen functional groups attached to an aromatic ring is 1. The SMILES string of the molecule is CNC(=O)[C@@H]1CC(O)C(n2cnc3c(N)nc(C#CCN(C(=O)c4ccc(F)cc4)C4CCC4)nc32)O1. The van der Waals surface area contributed by atoms with E-state index in [1.807, 2.05) is 0 Å². The summed E-state index contributed by atoms with van der Waals surface area (Å²) < 4.78 is 20.6. The molecule has 2 fully saturated rings. The number of rotatable bonds is 5. The van der Waals surface area contributed by atoms with Gasteiger partial charge in [0, 0.05) is 25.1 Å². The maximum absolute atomic E-state index is 13.3. The minimum atomic E-state index is -0.959. The van der Waals surface area contributed by atoms with Crippen molar-refractivity contribution in [2.45, 2.75) is 50.2 Å². The zero-order valence-electron chi connectivity index (χ0n) is 20.1. The van der Waals surface area contributed by atoms with Gasteiger partial charge in [-0.2, -0.15) is 0 Å². The second-order valence-electron chi connectivity index (χ2n) is 9.02. The molecular formula is C25H26FN7O4. The Balaban J connectivity index is 1.39. The summed E-state index contributed by atoms with van der Waals surface area (Å²) in [6, 6.07) is 5.51. The molecule has 2 aromatic heterocycles. The van der Waals surface area contributed by atoms with Gasteiger partial charge in [-0.25, -0.2) is 19.3 Å². The Bertz CT molecular complexity index is 1390. The van der Waals surface area contributed by atoms with Crippen LogP contribution in [-0.4, -0.2) is 73.2 Å². The van der Waals surface area contributed by atoms with Crippen LogP contribution < -0.4 is 11.1 Å². The van der Waals surface area contributed by atoms with E-state index in [9.17, 15) is 19.1 Å². The van der Waals surface area contributed by atoms with Crippen molar-refractivity contribution in [3.8, 4) is 11.8 Å². The summed E-state index contributed by atoms with van der Waals surface area (Å²) in [5.41, 5.74) is 7.10. The van der Waals surface area contributed by atoms with Crippen molar-refractivity contribution < 1.29 is 23.8 Å². The molecule has 12 heteroatoms. The summed E-state index contributed by atoms with van der Waals surface area (Å²) in [4.78, 5) is 39.6. The van der Waals surface area contributed by atoms with E-state index in [2.05, 4.69) is 32.1 Å². The average Bonchev–Trinajstić information content (AvgIpc) is 3.45. The standard InChI is InChI=1S/C25H26FN7O4/c1-28-23(35)18-12-17(34)25(37-18)33-13-29-20-21(27)30-19(31-22(20)33)6-3-11-32(16-4-2-5-16)24(36)14-7-9-15(26)10-8-14/h7-10,13,16-18,25,34H,2,4-5,11-12H2,1H3,(H,28,35)(H2,27,30,31)/t17?,18-,25?/m0/s1. The first-order valence-corrected chi connectivity index (χ1v) is 12.0. The summed E-state index contributed by atoms with van der Waals surface area (Å²) in [5.74, 6) is 5.08. The average molecular weight is 508 g/mol. The number of aromatic nitrogens is 4. The number of fused-ring (bicyclic) bond motifs is 1. The number of nitrogens with zero attached hydrogens (tertiary/aromatic N) is 5. The molecule has 3 heterocycles. The highest BCUT2D eigenvalue weighted by Gasteiger charge is 2.39. The van der Waals surface area contributed by atoms with Crippen LogP contribution in [0, 0.1) is 17.7 Å². The van der Waals surface area contributed by atoms with Gasteiger partial charge in [-0.3, -0.25) is 14.2 Å². The maximum Gasteiger partial charge on any atom is 0.254 e. The molecule has 3 atom stereocenters. The summed E-state index contributed by atoms with van der Waals surface area (Å²) in [6.07, 6.45) is 1.68. The molecule has 3 aromatic rings. The number of aliphatic hydroxyl groups is 1. The number of amides is 2. The van der Waals surface area contributed by atoms with Gasteiger partial charge in [-0.05, 0) is 49.4 Å². The van der Waals surface area contributed by atoms with Crippen molar-refractivity contribution >= 4 is 28.8 Å². The number of anilines is 1. The van der Waals surface area contributed by atoms with E-state index in [0.717, 1.165) is 19.3 Å². The molecule has 0 spiro atoms. The van der Waals surface area contributed by atoms with Crippen LogP contribution in [0.2, 0.25) is 0 Å². The van der Waals surface area contributed by atoms with Crippen molar-refractivity contribution in [3.63, 3.8) is 0 Å². The largest absolute Gasteiger partial charge is 0.388 e. The van der Waals surface area contributed by atoms with Gasteiger partial charge >= 0.3 is 0 Å². The molecule has 1 aromatic carbocycles. The normalized spacial score (nSPS) is 21.2. The second kappa shape index (κ2) is 10.1. The molecular weight excluding hydrogens is 481 g/mol. The van der Waals surface area contributed by atoms with Crippen LogP contribution in [0.5, 0.6) is 0 Å². The minimum Gasteiger partial charge on any atom is -0.388 e. The number of halogens is 1. The van der Waals surface area contributed by atoms with Crippen molar-refractivity contribution in [2.75, 3.05) is 19.3 Å². The number of carbonyl (C=O) groups excluding carboxylic acids is 2. The summed E-state index contributed by atoms with van der Waals surface area (Å²) in [6.45, 7) is 0.139. The Morgan fingerprint density at radius 3 is 2.73 bits per heavy atom. The highest BCUT2D eigenvalue weighted by atomic mass is 19.1. The van der Waals surface area contributed by atoms with Crippen LogP contribution in [-0.2, 0) is 9.53 Å². The van der Waals surface area contributed by atoms with Crippen LogP contribution >= 0.6 is 0 Å². The zero-order chi connectivity index (χ0) is 26.1. The molecule has 5 rings (SSSR count). The first-order chi connectivity index (χ1) is 17.9. The van der Waals surface area contributed by atoms with Crippen LogP contribution in [0.4, 0.5) is 10.2 Å². The van der Waals surface area contributed by atoms with E-state index in [0.29, 0.717) is 16.7 Å². The third-order valence-corrected chi connectivity index (χ3v) is 6.67. The predicted octanol–water partition coefficient (Wildman–Crippen LogP) is 0.988. The maximum atomic E-state index is 13.3. The number of likely N-dealkylation sites (N-methyl/N-ethyl adjacent to an activating group) is 1. The van der Waals surface area contributed by atoms with E-state index >= 15 is 0 Å². The predicted molar refractivity (Wildman–Crippen MR) is 130 cm³/mol. The molecule has 2 amide bonds. The molecule has 37 heavy (non-hydrogen) atoms. The molecule has 0 bridgehead atoms. The Morgan fingerprint density at radius 2 is 2.05 bits per heavy atom. The summed E-state index contributed by atoms with van der Waals surface area (Å²) in [7, 11) is 1.50. The van der Waals surface area contributed by atoms with Crippen molar-refractivity contribution in [1.29, 1.82) is 0 Å². The number of nitrogens with one attached hydrogen (secondary N) is 1. The lowest BCUT2D eigenvalue weighted by Gasteiger charge is -2.36. The smallest absolute Gasteiger partial charge is 0.254 e. The molecule has 1 saturated heterocycles. The van der Waals surface area contributed by atoms with E-state index in [1.165, 1.54) is 42.2 Å². The highest BCUT2D eigenvalue weighted by molar-refractivity contribution is 5.94. The van der Waals surface area contributed by atoms with Gasteiger partial charge in [-0.15, -0.1) is 0 Å². The molecule has 11 nitrogen and oxygen atoms in total. The number of ether oxygens (including phenoxy) is 1. The van der Waals surface area contributed by atoms with Gasteiger partial charge in [0.05, 0.1) is 12.9 Å². The van der Waals surface area contributed by atoms with Crippen LogP contribution in [0.15, 0.2) is 30.6 Å². The van der Waals surface area contributed by atoms with E-state index in [1.54, 1.807) is 4.90 Å². The van der Waals surface area contributed by atoms with Gasteiger partial charge in [0.15, 0.2) is 17.7 Å². The molecule has 2 unspecified atom stereocenters. The zero-order valence-corrected chi connectivity index (χ0v) is 20.1. The fourth-order valence-electron chi connectivity index (χ4n) is 4.44. The van der Waals surface area contributed by atoms with Gasteiger partial charge in [0.25, 0.3) is 5.91 Å². The van der Waals surface area contributed by atoms with Gasteiger partial charge in [0.1, 0.15) is 23.5 Å². The molecule has 4 N–H and O–H groups in total. The Morgan fingerprint density at radius 1 is 1.30 bits per heavy atom. The molecule has 2 aliphatic rings. The fourth-order valence-corrected chi connectivity index (χ4v) is 4.44. The molecule has 192 valence electrons. The first kappa shape index (κ1) is 24.6. The number of imidazole rings is 1. The van der Waals surface area contributed by atoms with Gasteiger partial charge in [-0.1, -0.05) is 5.92 Å². The number of hydrogen-bond acceptors (Lipinski definition) is 8. The summed E-state index contributed by atoms with van der Waals surface area (Å²) >= 11 is 0. The van der Waals surface area contributed by atoms with Crippen molar-refractivity contribution in [2.24, 2.45) is 0 Å². The monoisotopic (exact) mass is 507 g/mol. The van der Waals surface area contributed by atoms with E-state index in [4.69, 9.17) is 10.5 Å². The lowest BCUT2D eigenvalue weighted by Crippen LogP contribution is -2.44. The van der Waals surface area contributed by atoms with Crippen LogP contribution in [0.25, 0.3) is 11.2 Å². The first-order valence-electron chi connectivity index (χ1n) is 12.0. The van der Waals surface area contributed by atoms with Crippen LogP contribution in [0.1, 0.15) is 48.1 Å². The second-order valence-corrected chi connectivity index (χ2v) is 9.02. The Kier molecular flexibility index (Phi) is 6.73. The van der Waals surface area contributed by atoms with Crippen LogP contribution in [0.3, 0.4) is 0 Å². The lowest BCUT2D eigenvalue weighted by molar-refractivity contribution is -0.134. The molecule has 1 aliphatic carbocycles. The number of carbonyl (C=O) groups is 2. The Hall–Kier alpha value is -4.08. The molecule has 1 saturated carbocycles. The molecule has 1 aliphatic heterocycles. The van der Waals surface area contributed by atoms with Gasteiger partial charge < -0.3 is 25.8 Å². The third-order valence-electron chi connectivity index (χ3n) is 6.67. The minimum absolute atomic E-state index is 0.0658. The van der Waals surface area contributed by atoms with Gasteiger partial charge in [0.2, 0.25) is 11.7 Å². The van der Waals surface area contributed by atoms with Crippen molar-refractivity contribution in [1.82, 2.24) is 29.7 Å². The lowest BCUT2D eigenvalue weighted by atomic mass is 9.91. The highest BCUT2D eigenvalue weighted by Crippen LogP contribution is 2.32.